The van der Waals surface area contributed by atoms with E-state index in [1.54, 1.807) is 0 Å². The Morgan fingerprint density at radius 3 is 3.11 bits per heavy atom. The number of amidine groups is 1. The second kappa shape index (κ2) is 4.81. The van der Waals surface area contributed by atoms with Gasteiger partial charge in [0.25, 0.3) is 0 Å². The molecule has 2 aliphatic rings. The number of nitrogens with two attached hydrogens (primary N) is 1. The Morgan fingerprint density at radius 1 is 1.47 bits per heavy atom. The molecule has 1 aromatic heterocycles. The van der Waals surface area contributed by atoms with E-state index in [2.05, 4.69) is 9.88 Å². The van der Waals surface area contributed by atoms with Gasteiger partial charge in [0.2, 0.25) is 0 Å². The van der Waals surface area contributed by atoms with Crippen molar-refractivity contribution in [2.75, 3.05) is 18.1 Å². The Bertz CT molecular complexity index is 502. The molecule has 2 unspecified atom stereocenters. The monoisotopic (exact) mass is 260 g/mol. The van der Waals surface area contributed by atoms with Gasteiger partial charge in [0.05, 0.1) is 24.3 Å². The highest BCUT2D eigenvalue weighted by Crippen LogP contribution is 2.33. The third-order valence-electron chi connectivity index (χ3n) is 4.06. The predicted octanol–water partition coefficient (Wildman–Crippen LogP) is 1.43. The van der Waals surface area contributed by atoms with Gasteiger partial charge in [-0.05, 0) is 38.3 Å². The minimum absolute atomic E-state index is 0.0866. The number of hydrogen-bond donors (Lipinski definition) is 2. The molecule has 0 aromatic carbocycles. The number of anilines is 1. The number of aryl methyl sites for hydroxylation is 1. The van der Waals surface area contributed by atoms with E-state index in [0.29, 0.717) is 12.1 Å². The molecular formula is C14H20N4O. The van der Waals surface area contributed by atoms with Crippen LogP contribution in [0.1, 0.15) is 30.5 Å². The lowest BCUT2D eigenvalue weighted by Gasteiger charge is -2.39. The third-order valence-corrected chi connectivity index (χ3v) is 4.06. The highest BCUT2D eigenvalue weighted by Gasteiger charge is 2.37. The lowest BCUT2D eigenvalue weighted by Crippen LogP contribution is -2.49. The molecular weight excluding hydrogens is 240 g/mol. The summed E-state index contributed by atoms with van der Waals surface area (Å²) in [5.74, 6) is 0.941. The van der Waals surface area contributed by atoms with Gasteiger partial charge in [-0.25, -0.2) is 4.98 Å². The first-order chi connectivity index (χ1) is 9.16. The fraction of sp³-hybridized carbons (Fsp3) is 0.571. The zero-order valence-electron chi connectivity index (χ0n) is 11.2. The second-order valence-corrected chi connectivity index (χ2v) is 5.34. The first-order valence-corrected chi connectivity index (χ1v) is 6.87. The van der Waals surface area contributed by atoms with Crippen LogP contribution in [0.2, 0.25) is 0 Å². The average molecular weight is 260 g/mol. The lowest BCUT2D eigenvalue weighted by molar-refractivity contribution is 0.0253. The Morgan fingerprint density at radius 2 is 2.32 bits per heavy atom. The number of pyridine rings is 1. The fourth-order valence-electron chi connectivity index (χ4n) is 3.16. The minimum atomic E-state index is 0.0866. The summed E-state index contributed by atoms with van der Waals surface area (Å²) >= 11 is 0. The summed E-state index contributed by atoms with van der Waals surface area (Å²) in [6, 6.07) is 4.20. The van der Waals surface area contributed by atoms with E-state index in [9.17, 15) is 0 Å². The van der Waals surface area contributed by atoms with Crippen LogP contribution in [0.4, 0.5) is 5.82 Å². The van der Waals surface area contributed by atoms with E-state index >= 15 is 0 Å². The van der Waals surface area contributed by atoms with Crippen LogP contribution in [-0.4, -0.2) is 36.1 Å². The predicted molar refractivity (Wildman–Crippen MR) is 74.7 cm³/mol. The van der Waals surface area contributed by atoms with Crippen molar-refractivity contribution in [2.24, 2.45) is 5.73 Å². The molecule has 2 fully saturated rings. The Hall–Kier alpha value is -1.62. The maximum Gasteiger partial charge on any atom is 0.140 e. The first-order valence-electron chi connectivity index (χ1n) is 6.87. The zero-order chi connectivity index (χ0) is 13.4. The molecule has 19 heavy (non-hydrogen) atoms. The molecule has 3 N–H and O–H groups in total. The largest absolute Gasteiger partial charge is 0.384 e. The summed E-state index contributed by atoms with van der Waals surface area (Å²) < 4.78 is 5.83. The van der Waals surface area contributed by atoms with Gasteiger partial charge in [0.15, 0.2) is 0 Å². The molecule has 102 valence electrons. The van der Waals surface area contributed by atoms with Crippen molar-refractivity contribution in [1.29, 1.82) is 5.41 Å². The molecule has 1 aliphatic carbocycles. The van der Waals surface area contributed by atoms with Crippen molar-refractivity contribution < 1.29 is 4.74 Å². The van der Waals surface area contributed by atoms with Crippen LogP contribution in [0.15, 0.2) is 12.1 Å². The molecule has 2 heterocycles. The summed E-state index contributed by atoms with van der Waals surface area (Å²) in [5, 5.41) is 7.73. The topological polar surface area (TPSA) is 75.2 Å². The van der Waals surface area contributed by atoms with Crippen molar-refractivity contribution in [2.45, 2.75) is 38.3 Å². The second-order valence-electron chi connectivity index (χ2n) is 5.34. The smallest absolute Gasteiger partial charge is 0.140 e. The fourth-order valence-corrected chi connectivity index (χ4v) is 3.16. The lowest BCUT2D eigenvalue weighted by atomic mass is 10.1. The minimum Gasteiger partial charge on any atom is -0.384 e. The summed E-state index contributed by atoms with van der Waals surface area (Å²) in [5.41, 5.74) is 7.39. The van der Waals surface area contributed by atoms with Gasteiger partial charge in [-0.3, -0.25) is 5.41 Å². The van der Waals surface area contributed by atoms with Gasteiger partial charge in [-0.1, -0.05) is 0 Å². The SMILES string of the molecule is Cc1ccc(C(=N)N)c(N2CCOC3CCCC32)n1. The number of ether oxygens (including phenoxy) is 1. The van der Waals surface area contributed by atoms with Crippen molar-refractivity contribution in [3.8, 4) is 0 Å². The number of nitrogen functional groups attached to an aromatic ring is 1. The van der Waals surface area contributed by atoms with Crippen LogP contribution in [0.25, 0.3) is 0 Å². The maximum absolute atomic E-state index is 7.73. The van der Waals surface area contributed by atoms with Crippen LogP contribution < -0.4 is 10.6 Å². The Kier molecular flexibility index (Phi) is 3.14. The van der Waals surface area contributed by atoms with Crippen molar-refractivity contribution >= 4 is 11.7 Å². The maximum atomic E-state index is 7.73. The van der Waals surface area contributed by atoms with E-state index in [-0.39, 0.29) is 5.84 Å². The van der Waals surface area contributed by atoms with Gasteiger partial charge in [0.1, 0.15) is 11.7 Å². The van der Waals surface area contributed by atoms with Crippen LogP contribution >= 0.6 is 0 Å². The highest BCUT2D eigenvalue weighted by molar-refractivity contribution is 5.99. The summed E-state index contributed by atoms with van der Waals surface area (Å²) in [4.78, 5) is 6.92. The molecule has 0 bridgehead atoms. The number of hydrogen-bond acceptors (Lipinski definition) is 4. The molecule has 5 nitrogen and oxygen atoms in total. The van der Waals surface area contributed by atoms with Crippen LogP contribution in [0, 0.1) is 12.3 Å². The molecule has 5 heteroatoms. The number of aromatic nitrogens is 1. The van der Waals surface area contributed by atoms with Crippen LogP contribution in [0.3, 0.4) is 0 Å². The van der Waals surface area contributed by atoms with Gasteiger partial charge in [-0.15, -0.1) is 0 Å². The van der Waals surface area contributed by atoms with E-state index in [4.69, 9.17) is 15.9 Å². The molecule has 1 aliphatic heterocycles. The first kappa shape index (κ1) is 12.4. The Balaban J connectivity index is 2.00. The molecule has 3 rings (SSSR count). The van der Waals surface area contributed by atoms with E-state index in [1.807, 2.05) is 19.1 Å². The number of nitrogens with zero attached hydrogens (tertiary/aromatic N) is 2. The van der Waals surface area contributed by atoms with Crippen molar-refractivity contribution in [3.05, 3.63) is 23.4 Å². The van der Waals surface area contributed by atoms with E-state index < -0.39 is 0 Å². The number of morpholine rings is 1. The van der Waals surface area contributed by atoms with Gasteiger partial charge in [-0.2, -0.15) is 0 Å². The molecule has 2 atom stereocenters. The summed E-state index contributed by atoms with van der Waals surface area (Å²) in [6.45, 7) is 3.53. The van der Waals surface area contributed by atoms with Crippen LogP contribution in [0.5, 0.6) is 0 Å². The summed E-state index contributed by atoms with van der Waals surface area (Å²) in [7, 11) is 0. The molecule has 0 spiro atoms. The molecule has 1 saturated heterocycles. The quantitative estimate of drug-likeness (QED) is 0.623. The molecule has 1 aromatic rings. The van der Waals surface area contributed by atoms with Gasteiger partial charge < -0.3 is 15.4 Å². The van der Waals surface area contributed by atoms with Gasteiger partial charge >= 0.3 is 0 Å². The normalized spacial score (nSPS) is 26.3. The Labute approximate surface area is 113 Å². The zero-order valence-corrected chi connectivity index (χ0v) is 11.2. The van der Waals surface area contributed by atoms with E-state index in [1.165, 1.54) is 6.42 Å². The van der Waals surface area contributed by atoms with E-state index in [0.717, 1.165) is 43.1 Å². The standard InChI is InChI=1S/C14H20N4O/c1-9-5-6-10(13(15)16)14(17-9)18-7-8-19-12-4-2-3-11(12)18/h5-6,11-12H,2-4,7-8H2,1H3,(H3,15,16). The molecule has 0 amide bonds. The highest BCUT2D eigenvalue weighted by atomic mass is 16.5. The van der Waals surface area contributed by atoms with Crippen molar-refractivity contribution in [3.63, 3.8) is 0 Å². The van der Waals surface area contributed by atoms with Gasteiger partial charge in [0, 0.05) is 12.2 Å². The third kappa shape index (κ3) is 2.18. The van der Waals surface area contributed by atoms with Crippen molar-refractivity contribution in [1.82, 2.24) is 4.98 Å². The van der Waals surface area contributed by atoms with Crippen LogP contribution in [-0.2, 0) is 4.74 Å². The molecule has 0 radical (unpaired) electrons. The molecule has 1 saturated carbocycles. The average Bonchev–Trinajstić information content (AvgIpc) is 2.86. The number of nitrogens with one attached hydrogen (secondary N) is 1. The summed E-state index contributed by atoms with van der Waals surface area (Å²) in [6.07, 6.45) is 3.78. The number of rotatable bonds is 2. The number of fused-ring (bicyclic) bond motifs is 1.